The zero-order valence-corrected chi connectivity index (χ0v) is 15.5. The van der Waals surface area contributed by atoms with Gasteiger partial charge in [0.15, 0.2) is 0 Å². The van der Waals surface area contributed by atoms with Gasteiger partial charge in [0.1, 0.15) is 28.9 Å². The van der Waals surface area contributed by atoms with E-state index >= 15 is 0 Å². The smallest absolute Gasteiger partial charge is 0.273 e. The van der Waals surface area contributed by atoms with Gasteiger partial charge in [-0.15, -0.1) is 11.3 Å². The van der Waals surface area contributed by atoms with Crippen LogP contribution in [0.4, 0.5) is 4.39 Å². The van der Waals surface area contributed by atoms with Crippen molar-refractivity contribution >= 4 is 17.2 Å². The minimum atomic E-state index is -0.291. The number of amides is 1. The highest BCUT2D eigenvalue weighted by molar-refractivity contribution is 7.09. The molecule has 138 valence electrons. The lowest BCUT2D eigenvalue weighted by molar-refractivity contribution is 0.0516. The Morgan fingerprint density at radius 3 is 2.77 bits per heavy atom. The molecule has 1 aliphatic heterocycles. The number of carbonyl (C=O) groups is 1. The molecule has 2 unspecified atom stereocenters. The van der Waals surface area contributed by atoms with Crippen LogP contribution in [0.25, 0.3) is 0 Å². The van der Waals surface area contributed by atoms with Crippen LogP contribution in [0.2, 0.25) is 0 Å². The van der Waals surface area contributed by atoms with Crippen molar-refractivity contribution in [1.82, 2.24) is 9.88 Å². The van der Waals surface area contributed by atoms with E-state index in [2.05, 4.69) is 4.98 Å². The first kappa shape index (κ1) is 17.5. The molecule has 1 amide bonds. The number of hydrogen-bond donors (Lipinski definition) is 0. The number of hydrogen-bond acceptors (Lipinski definition) is 4. The molecule has 1 aliphatic carbocycles. The third kappa shape index (κ3) is 3.90. The van der Waals surface area contributed by atoms with E-state index in [4.69, 9.17) is 4.74 Å². The Morgan fingerprint density at radius 1 is 1.19 bits per heavy atom. The van der Waals surface area contributed by atoms with Crippen molar-refractivity contribution in [3.8, 4) is 5.75 Å². The first-order valence-electron chi connectivity index (χ1n) is 9.31. The lowest BCUT2D eigenvalue weighted by atomic mass is 9.75. The van der Waals surface area contributed by atoms with Crippen LogP contribution in [-0.4, -0.2) is 28.9 Å². The van der Waals surface area contributed by atoms with Crippen molar-refractivity contribution in [1.29, 1.82) is 0 Å². The second-order valence-electron chi connectivity index (χ2n) is 7.21. The van der Waals surface area contributed by atoms with Gasteiger partial charge >= 0.3 is 0 Å². The van der Waals surface area contributed by atoms with E-state index in [1.807, 2.05) is 10.3 Å². The number of thiazole rings is 1. The van der Waals surface area contributed by atoms with Crippen molar-refractivity contribution in [2.75, 3.05) is 13.1 Å². The van der Waals surface area contributed by atoms with Crippen LogP contribution in [0, 0.1) is 17.7 Å². The van der Waals surface area contributed by atoms with E-state index in [0.29, 0.717) is 17.4 Å². The highest BCUT2D eigenvalue weighted by Crippen LogP contribution is 2.36. The van der Waals surface area contributed by atoms with Gasteiger partial charge in [-0.1, -0.05) is 19.3 Å². The number of likely N-dealkylation sites (tertiary alicyclic amines) is 1. The molecule has 1 saturated carbocycles. The van der Waals surface area contributed by atoms with Crippen LogP contribution < -0.4 is 4.74 Å². The molecular formula is C20H23FN2O2S. The van der Waals surface area contributed by atoms with Gasteiger partial charge < -0.3 is 9.64 Å². The average Bonchev–Trinajstić information content (AvgIpc) is 3.15. The van der Waals surface area contributed by atoms with Gasteiger partial charge in [-0.3, -0.25) is 4.79 Å². The second kappa shape index (κ2) is 7.74. The first-order valence-corrected chi connectivity index (χ1v) is 10.2. The van der Waals surface area contributed by atoms with Gasteiger partial charge in [0.2, 0.25) is 0 Å². The molecule has 6 heteroatoms. The summed E-state index contributed by atoms with van der Waals surface area (Å²) < 4.78 is 18.5. The lowest BCUT2D eigenvalue weighted by Crippen LogP contribution is -2.44. The van der Waals surface area contributed by atoms with Crippen LogP contribution in [0.3, 0.4) is 0 Å². The largest absolute Gasteiger partial charge is 0.486 e. The summed E-state index contributed by atoms with van der Waals surface area (Å²) in [6, 6.07) is 5.90. The monoisotopic (exact) mass is 374 g/mol. The van der Waals surface area contributed by atoms with Gasteiger partial charge in [0.25, 0.3) is 5.91 Å². The van der Waals surface area contributed by atoms with Crippen LogP contribution >= 0.6 is 11.3 Å². The van der Waals surface area contributed by atoms with Gasteiger partial charge in [-0.2, -0.15) is 0 Å². The first-order chi connectivity index (χ1) is 12.7. The van der Waals surface area contributed by atoms with E-state index in [0.717, 1.165) is 30.4 Å². The summed E-state index contributed by atoms with van der Waals surface area (Å²) in [6.45, 7) is 2.01. The Morgan fingerprint density at radius 2 is 1.96 bits per heavy atom. The third-order valence-corrected chi connectivity index (χ3v) is 6.35. The summed E-state index contributed by atoms with van der Waals surface area (Å²) in [5, 5.41) is 2.57. The molecule has 1 aromatic heterocycles. The summed E-state index contributed by atoms with van der Waals surface area (Å²) in [4.78, 5) is 19.2. The highest BCUT2D eigenvalue weighted by atomic mass is 32.1. The van der Waals surface area contributed by atoms with Crippen LogP contribution in [-0.2, 0) is 6.61 Å². The van der Waals surface area contributed by atoms with E-state index in [9.17, 15) is 9.18 Å². The number of ether oxygens (including phenoxy) is 1. The second-order valence-corrected chi connectivity index (χ2v) is 8.16. The molecule has 2 aromatic rings. The summed E-state index contributed by atoms with van der Waals surface area (Å²) in [5.41, 5.74) is 0.516. The van der Waals surface area contributed by atoms with Crippen LogP contribution in [0.1, 0.15) is 47.6 Å². The summed E-state index contributed by atoms with van der Waals surface area (Å²) in [7, 11) is 0. The van der Waals surface area contributed by atoms with Gasteiger partial charge in [-0.05, 0) is 48.9 Å². The van der Waals surface area contributed by atoms with E-state index in [1.54, 1.807) is 12.1 Å². The number of fused-ring (bicyclic) bond motifs is 1. The maximum atomic E-state index is 12.9. The molecule has 0 spiro atoms. The SMILES string of the molecule is O=C(c1csc(COc2ccc(F)cc2)n1)N1CCC2CCCCC2C1. The minimum absolute atomic E-state index is 0.0401. The molecule has 4 nitrogen and oxygen atoms in total. The number of carbonyl (C=O) groups excluding carboxylic acids is 1. The Hall–Kier alpha value is -1.95. The number of halogens is 1. The lowest BCUT2D eigenvalue weighted by Gasteiger charge is -2.41. The topological polar surface area (TPSA) is 42.4 Å². The number of aromatic nitrogens is 1. The Bertz CT molecular complexity index is 761. The summed E-state index contributed by atoms with van der Waals surface area (Å²) >= 11 is 1.43. The number of piperidine rings is 1. The van der Waals surface area contributed by atoms with Crippen LogP contribution in [0.5, 0.6) is 5.75 Å². The van der Waals surface area contributed by atoms with Crippen molar-refractivity contribution in [3.05, 3.63) is 46.2 Å². The predicted molar refractivity (Wildman–Crippen MR) is 98.8 cm³/mol. The molecule has 1 saturated heterocycles. The van der Waals surface area contributed by atoms with Crippen molar-refractivity contribution in [3.63, 3.8) is 0 Å². The normalized spacial score (nSPS) is 22.7. The fraction of sp³-hybridized carbons (Fsp3) is 0.500. The highest BCUT2D eigenvalue weighted by Gasteiger charge is 2.33. The van der Waals surface area contributed by atoms with Gasteiger partial charge in [0, 0.05) is 18.5 Å². The predicted octanol–water partition coefficient (Wildman–Crippen LogP) is 4.51. The number of nitrogens with zero attached hydrogens (tertiary/aromatic N) is 2. The zero-order valence-electron chi connectivity index (χ0n) is 14.7. The maximum Gasteiger partial charge on any atom is 0.273 e. The molecule has 26 heavy (non-hydrogen) atoms. The molecule has 4 rings (SSSR count). The molecular weight excluding hydrogens is 351 g/mol. The standard InChI is InChI=1S/C20H23FN2O2S/c21-16-5-7-17(8-6-16)25-12-19-22-18(13-26-19)20(24)23-10-9-14-3-1-2-4-15(14)11-23/h5-8,13-15H,1-4,9-12H2. The van der Waals surface area contributed by atoms with Gasteiger partial charge in [-0.25, -0.2) is 9.37 Å². The molecule has 0 N–H and O–H groups in total. The molecule has 0 radical (unpaired) electrons. The maximum absolute atomic E-state index is 12.9. The molecule has 2 aliphatic rings. The molecule has 2 fully saturated rings. The fourth-order valence-corrected chi connectivity index (χ4v) is 4.78. The zero-order chi connectivity index (χ0) is 17.9. The van der Waals surface area contributed by atoms with E-state index in [-0.39, 0.29) is 18.3 Å². The summed E-state index contributed by atoms with van der Waals surface area (Å²) in [6.07, 6.45) is 6.35. The quantitative estimate of drug-likeness (QED) is 0.791. The van der Waals surface area contributed by atoms with Crippen molar-refractivity contribution in [2.24, 2.45) is 11.8 Å². The van der Waals surface area contributed by atoms with E-state index in [1.165, 1.54) is 49.2 Å². The molecule has 2 atom stereocenters. The third-order valence-electron chi connectivity index (χ3n) is 5.53. The van der Waals surface area contributed by atoms with Crippen molar-refractivity contribution < 1.29 is 13.9 Å². The van der Waals surface area contributed by atoms with E-state index < -0.39 is 0 Å². The average molecular weight is 374 g/mol. The Labute approximate surface area is 157 Å². The molecule has 2 heterocycles. The van der Waals surface area contributed by atoms with Crippen LogP contribution in [0.15, 0.2) is 29.6 Å². The van der Waals surface area contributed by atoms with Gasteiger partial charge in [0.05, 0.1) is 0 Å². The Kier molecular flexibility index (Phi) is 5.20. The molecule has 0 bridgehead atoms. The van der Waals surface area contributed by atoms with Crippen molar-refractivity contribution in [2.45, 2.75) is 38.7 Å². The minimum Gasteiger partial charge on any atom is -0.486 e. The fourth-order valence-electron chi connectivity index (χ4n) is 4.10. The number of benzene rings is 1. The molecule has 1 aromatic carbocycles. The summed E-state index contributed by atoms with van der Waals surface area (Å²) in [5.74, 6) is 1.82. The number of rotatable bonds is 4. The Balaban J connectivity index is 1.34.